The number of esters is 1. The molecule has 1 aliphatic heterocycles. The Morgan fingerprint density at radius 2 is 1.74 bits per heavy atom. The molecule has 4 rings (SSSR count). The van der Waals surface area contributed by atoms with Crippen molar-refractivity contribution in [3.8, 4) is 11.4 Å². The number of benzene rings is 2. The largest absolute Gasteiger partial charge is 0.467 e. The van der Waals surface area contributed by atoms with Crippen molar-refractivity contribution in [3.05, 3.63) is 65.2 Å². The van der Waals surface area contributed by atoms with E-state index in [2.05, 4.69) is 55.2 Å². The highest BCUT2D eigenvalue weighted by Crippen LogP contribution is 2.29. The zero-order valence-electron chi connectivity index (χ0n) is 20.9. The van der Waals surface area contributed by atoms with Crippen LogP contribution in [0.2, 0.25) is 0 Å². The molecule has 3 aromatic rings. The zero-order chi connectivity index (χ0) is 25.2. The Labute approximate surface area is 210 Å². The fraction of sp³-hybridized carbons (Fsp3) is 0.407. The molecule has 1 aliphatic rings. The van der Waals surface area contributed by atoms with Crippen molar-refractivity contribution in [2.75, 3.05) is 12.9 Å². The Morgan fingerprint density at radius 1 is 1.06 bits per heavy atom. The van der Waals surface area contributed by atoms with E-state index in [9.17, 15) is 9.59 Å². The number of nitrogens with zero attached hydrogens (tertiary/aromatic N) is 4. The van der Waals surface area contributed by atoms with Crippen LogP contribution in [-0.2, 0) is 39.3 Å². The van der Waals surface area contributed by atoms with Crippen LogP contribution in [0.5, 0.6) is 0 Å². The summed E-state index contributed by atoms with van der Waals surface area (Å²) in [4.78, 5) is 27.3. The maximum Gasteiger partial charge on any atom is 0.328 e. The second-order valence-corrected chi connectivity index (χ2v) is 10.6. The predicted molar refractivity (Wildman–Crippen MR) is 137 cm³/mol. The smallest absolute Gasteiger partial charge is 0.328 e. The maximum absolute atomic E-state index is 13.3. The first-order valence-electron chi connectivity index (χ1n) is 11.8. The summed E-state index contributed by atoms with van der Waals surface area (Å²) in [5, 5.41) is 9.47. The van der Waals surface area contributed by atoms with Crippen LogP contribution in [-0.4, -0.2) is 50.4 Å². The van der Waals surface area contributed by atoms with Crippen molar-refractivity contribution in [1.82, 2.24) is 19.7 Å². The van der Waals surface area contributed by atoms with Crippen LogP contribution in [0.1, 0.15) is 44.4 Å². The lowest BCUT2D eigenvalue weighted by molar-refractivity contribution is -0.153. The highest BCUT2D eigenvalue weighted by molar-refractivity contribution is 7.99. The molecule has 1 atom stereocenters. The molecule has 0 saturated carbocycles. The second kappa shape index (κ2) is 10.2. The third kappa shape index (κ3) is 5.27. The number of hydrogen-bond acceptors (Lipinski definition) is 6. The number of fused-ring (bicyclic) bond motifs is 1. The zero-order valence-corrected chi connectivity index (χ0v) is 21.8. The number of carbonyl (C=O) groups excluding carboxylic acids is 2. The first kappa shape index (κ1) is 25.0. The molecule has 0 radical (unpaired) electrons. The van der Waals surface area contributed by atoms with Crippen LogP contribution in [0.3, 0.4) is 0 Å². The molecule has 35 heavy (non-hydrogen) atoms. The van der Waals surface area contributed by atoms with Gasteiger partial charge in [-0.25, -0.2) is 4.79 Å². The maximum atomic E-state index is 13.3. The van der Waals surface area contributed by atoms with Crippen LogP contribution in [0.25, 0.3) is 11.4 Å². The quantitative estimate of drug-likeness (QED) is 0.373. The normalized spacial score (nSPS) is 15.6. The first-order chi connectivity index (χ1) is 16.7. The molecule has 0 spiro atoms. The number of amides is 1. The molecule has 184 valence electrons. The monoisotopic (exact) mass is 492 g/mol. The summed E-state index contributed by atoms with van der Waals surface area (Å²) in [6.07, 6.45) is 0.457. The van der Waals surface area contributed by atoms with E-state index < -0.39 is 12.0 Å². The first-order valence-corrected chi connectivity index (χ1v) is 12.8. The van der Waals surface area contributed by atoms with E-state index in [1.807, 2.05) is 35.8 Å². The highest BCUT2D eigenvalue weighted by Gasteiger charge is 2.35. The number of carbonyl (C=O) groups is 2. The Hall–Kier alpha value is -3.13. The third-order valence-corrected chi connectivity index (χ3v) is 7.36. The summed E-state index contributed by atoms with van der Waals surface area (Å²) in [5.74, 6) is 0.427. The molecule has 1 aromatic heterocycles. The molecule has 8 heteroatoms. The Morgan fingerprint density at radius 3 is 2.37 bits per heavy atom. The van der Waals surface area contributed by atoms with Gasteiger partial charge in [-0.2, -0.15) is 0 Å². The van der Waals surface area contributed by atoms with E-state index in [4.69, 9.17) is 4.74 Å². The number of thioether (sulfide) groups is 1. The third-order valence-electron chi connectivity index (χ3n) is 6.41. The minimum absolute atomic E-state index is 0.0787. The van der Waals surface area contributed by atoms with Gasteiger partial charge in [-0.1, -0.05) is 81.1 Å². The molecule has 1 amide bonds. The molecular formula is C27H32N4O3S. The van der Waals surface area contributed by atoms with E-state index >= 15 is 0 Å². The van der Waals surface area contributed by atoms with Gasteiger partial charge >= 0.3 is 5.97 Å². The topological polar surface area (TPSA) is 77.3 Å². The van der Waals surface area contributed by atoms with Crippen LogP contribution < -0.4 is 0 Å². The molecule has 2 aromatic carbocycles. The summed E-state index contributed by atoms with van der Waals surface area (Å²) >= 11 is 1.34. The molecule has 0 aliphatic carbocycles. The van der Waals surface area contributed by atoms with Gasteiger partial charge < -0.3 is 14.2 Å². The SMILES string of the molecule is CCn1c(SCC(=O)N2Cc3ccccc3C[C@H]2C(=O)OC)nnc1-c1ccc(C(C)(C)C)cc1. The average molecular weight is 493 g/mol. The van der Waals surface area contributed by atoms with Crippen molar-refractivity contribution >= 4 is 23.6 Å². The fourth-order valence-corrected chi connectivity index (χ4v) is 5.24. The number of aromatic nitrogens is 3. The van der Waals surface area contributed by atoms with Crippen LogP contribution in [0.15, 0.2) is 53.7 Å². The van der Waals surface area contributed by atoms with Gasteiger partial charge in [0.25, 0.3) is 0 Å². The van der Waals surface area contributed by atoms with E-state index in [-0.39, 0.29) is 17.1 Å². The van der Waals surface area contributed by atoms with Crippen molar-refractivity contribution in [3.63, 3.8) is 0 Å². The Bertz CT molecular complexity index is 1210. The van der Waals surface area contributed by atoms with Gasteiger partial charge in [0.2, 0.25) is 5.91 Å². The van der Waals surface area contributed by atoms with Crippen LogP contribution >= 0.6 is 11.8 Å². The average Bonchev–Trinajstić information content (AvgIpc) is 3.28. The molecule has 0 unspecified atom stereocenters. The molecule has 0 N–H and O–H groups in total. The summed E-state index contributed by atoms with van der Waals surface area (Å²) < 4.78 is 7.02. The van der Waals surface area contributed by atoms with Crippen LogP contribution in [0, 0.1) is 0 Å². The van der Waals surface area contributed by atoms with E-state index in [1.54, 1.807) is 4.90 Å². The van der Waals surface area contributed by atoms with Gasteiger partial charge in [0.15, 0.2) is 11.0 Å². The Kier molecular flexibility index (Phi) is 7.31. The molecule has 0 saturated heterocycles. The number of rotatable bonds is 6. The number of hydrogen-bond donors (Lipinski definition) is 0. The number of methoxy groups -OCH3 is 1. The van der Waals surface area contributed by atoms with Gasteiger partial charge in [0.05, 0.1) is 12.9 Å². The van der Waals surface area contributed by atoms with Gasteiger partial charge in [-0.3, -0.25) is 4.79 Å². The summed E-state index contributed by atoms with van der Waals surface area (Å²) in [5.41, 5.74) is 4.46. The van der Waals surface area contributed by atoms with E-state index in [0.29, 0.717) is 24.7 Å². The lowest BCUT2D eigenvalue weighted by Crippen LogP contribution is -2.49. The molecular weight excluding hydrogens is 460 g/mol. The highest BCUT2D eigenvalue weighted by atomic mass is 32.2. The van der Waals surface area contributed by atoms with Gasteiger partial charge in [-0.05, 0) is 29.0 Å². The lowest BCUT2D eigenvalue weighted by Gasteiger charge is -2.35. The standard InChI is InChI=1S/C27H32N4O3S/c1-6-30-24(18-11-13-21(14-12-18)27(2,3)4)28-29-26(30)35-17-23(32)31-16-20-10-8-7-9-19(20)15-22(31)25(33)34-5/h7-14,22H,6,15-17H2,1-5H3/t22-/m0/s1. The van der Waals surface area contributed by atoms with E-state index in [1.165, 1.54) is 24.4 Å². The minimum atomic E-state index is -0.621. The second-order valence-electron chi connectivity index (χ2n) is 9.70. The molecule has 0 bridgehead atoms. The van der Waals surface area contributed by atoms with E-state index in [0.717, 1.165) is 22.5 Å². The number of ether oxygens (including phenoxy) is 1. The lowest BCUT2D eigenvalue weighted by atomic mass is 9.87. The summed E-state index contributed by atoms with van der Waals surface area (Å²) in [6.45, 7) is 9.68. The van der Waals surface area contributed by atoms with Crippen molar-refractivity contribution in [1.29, 1.82) is 0 Å². The minimum Gasteiger partial charge on any atom is -0.467 e. The molecule has 7 nitrogen and oxygen atoms in total. The van der Waals surface area contributed by atoms with Gasteiger partial charge in [0.1, 0.15) is 6.04 Å². The van der Waals surface area contributed by atoms with Crippen LogP contribution in [0.4, 0.5) is 0 Å². The molecule has 2 heterocycles. The van der Waals surface area contributed by atoms with Crippen molar-refractivity contribution in [2.24, 2.45) is 0 Å². The Balaban J connectivity index is 1.51. The fourth-order valence-electron chi connectivity index (χ4n) is 4.35. The molecule has 0 fully saturated rings. The van der Waals surface area contributed by atoms with Crippen molar-refractivity contribution < 1.29 is 14.3 Å². The predicted octanol–water partition coefficient (Wildman–Crippen LogP) is 4.48. The summed E-state index contributed by atoms with van der Waals surface area (Å²) in [6, 6.07) is 15.7. The van der Waals surface area contributed by atoms with Gasteiger partial charge in [-0.15, -0.1) is 10.2 Å². The van der Waals surface area contributed by atoms with Crippen molar-refractivity contribution in [2.45, 2.75) is 63.8 Å². The summed E-state index contributed by atoms with van der Waals surface area (Å²) in [7, 11) is 1.36. The van der Waals surface area contributed by atoms with Gasteiger partial charge in [0, 0.05) is 25.1 Å².